The van der Waals surface area contributed by atoms with Crippen molar-refractivity contribution in [2.75, 3.05) is 32.7 Å². The van der Waals surface area contributed by atoms with Crippen LogP contribution in [-0.2, 0) is 19.5 Å². The van der Waals surface area contributed by atoms with E-state index < -0.39 is 0 Å². The van der Waals surface area contributed by atoms with Gasteiger partial charge in [0, 0.05) is 64.6 Å². The zero-order valence-electron chi connectivity index (χ0n) is 14.4. The van der Waals surface area contributed by atoms with E-state index in [1.54, 1.807) is 0 Å². The molecule has 1 aromatic heterocycles. The average Bonchev–Trinajstić information content (AvgIpc) is 3.04. The molecule has 0 radical (unpaired) electrons. The number of piperazine rings is 1. The highest BCUT2D eigenvalue weighted by molar-refractivity contribution is 5.21. The summed E-state index contributed by atoms with van der Waals surface area (Å²) in [6, 6.07) is 8.93. The molecule has 0 aliphatic carbocycles. The third kappa shape index (κ3) is 4.43. The summed E-state index contributed by atoms with van der Waals surface area (Å²) in [7, 11) is 0. The lowest BCUT2D eigenvalue weighted by molar-refractivity contribution is 0.124. The monoisotopic (exact) mass is 312 g/mol. The molecule has 2 heterocycles. The third-order valence-electron chi connectivity index (χ3n) is 4.77. The average molecular weight is 312 g/mol. The maximum atomic E-state index is 4.40. The second-order valence-corrected chi connectivity index (χ2v) is 6.49. The fraction of sp³-hybridized carbons (Fsp3) is 0.526. The van der Waals surface area contributed by atoms with Gasteiger partial charge in [0.15, 0.2) is 0 Å². The van der Waals surface area contributed by atoms with Crippen LogP contribution in [0.4, 0.5) is 0 Å². The molecule has 124 valence electrons. The summed E-state index contributed by atoms with van der Waals surface area (Å²) < 4.78 is 2.29. The van der Waals surface area contributed by atoms with Gasteiger partial charge in [0.1, 0.15) is 5.82 Å². The Kier molecular flexibility index (Phi) is 5.47. The predicted octanol–water partition coefficient (Wildman–Crippen LogP) is 2.57. The van der Waals surface area contributed by atoms with Crippen LogP contribution in [0.1, 0.15) is 23.9 Å². The van der Waals surface area contributed by atoms with Gasteiger partial charge < -0.3 is 4.57 Å². The van der Waals surface area contributed by atoms with Gasteiger partial charge in [0.2, 0.25) is 0 Å². The molecule has 4 heteroatoms. The number of aromatic nitrogens is 2. The van der Waals surface area contributed by atoms with Gasteiger partial charge in [0.25, 0.3) is 0 Å². The van der Waals surface area contributed by atoms with Gasteiger partial charge in [-0.15, -0.1) is 0 Å². The Morgan fingerprint density at radius 3 is 2.35 bits per heavy atom. The Bertz CT molecular complexity index is 594. The maximum absolute atomic E-state index is 4.40. The minimum Gasteiger partial charge on any atom is -0.334 e. The maximum Gasteiger partial charge on any atom is 0.108 e. The van der Waals surface area contributed by atoms with Crippen LogP contribution in [0.3, 0.4) is 0 Å². The largest absolute Gasteiger partial charge is 0.334 e. The summed E-state index contributed by atoms with van der Waals surface area (Å²) >= 11 is 0. The zero-order valence-corrected chi connectivity index (χ0v) is 14.4. The number of benzene rings is 1. The van der Waals surface area contributed by atoms with Crippen LogP contribution in [0.5, 0.6) is 0 Å². The van der Waals surface area contributed by atoms with Gasteiger partial charge in [-0.3, -0.25) is 9.80 Å². The van der Waals surface area contributed by atoms with Crippen LogP contribution < -0.4 is 0 Å². The number of nitrogens with zero attached hydrogens (tertiary/aromatic N) is 4. The van der Waals surface area contributed by atoms with Crippen molar-refractivity contribution in [1.82, 2.24) is 19.4 Å². The fourth-order valence-electron chi connectivity index (χ4n) is 3.23. The lowest BCUT2D eigenvalue weighted by atomic mass is 10.1. The first-order valence-electron chi connectivity index (χ1n) is 8.75. The second kappa shape index (κ2) is 7.75. The van der Waals surface area contributed by atoms with Gasteiger partial charge in [0.05, 0.1) is 0 Å². The molecule has 4 nitrogen and oxygen atoms in total. The number of imidazole rings is 1. The zero-order chi connectivity index (χ0) is 16.1. The molecule has 3 rings (SSSR count). The van der Waals surface area contributed by atoms with Crippen molar-refractivity contribution in [1.29, 1.82) is 0 Å². The summed E-state index contributed by atoms with van der Waals surface area (Å²) in [5.74, 6) is 1.20. The van der Waals surface area contributed by atoms with E-state index in [-0.39, 0.29) is 0 Å². The van der Waals surface area contributed by atoms with Crippen molar-refractivity contribution >= 4 is 0 Å². The van der Waals surface area contributed by atoms with Crippen LogP contribution in [0.25, 0.3) is 0 Å². The molecule has 1 saturated heterocycles. The van der Waals surface area contributed by atoms with Crippen LogP contribution in [-0.4, -0.2) is 52.1 Å². The molecule has 0 amide bonds. The molecule has 0 bridgehead atoms. The molecule has 1 aromatic carbocycles. The predicted molar refractivity (Wildman–Crippen MR) is 94.5 cm³/mol. The topological polar surface area (TPSA) is 24.3 Å². The van der Waals surface area contributed by atoms with E-state index in [4.69, 9.17) is 0 Å². The summed E-state index contributed by atoms with van der Waals surface area (Å²) in [6.45, 7) is 12.2. The lowest BCUT2D eigenvalue weighted by Crippen LogP contribution is -2.46. The number of aryl methyl sites for hydroxylation is 2. The summed E-state index contributed by atoms with van der Waals surface area (Å²) in [5.41, 5.74) is 2.76. The van der Waals surface area contributed by atoms with Crippen molar-refractivity contribution in [3.63, 3.8) is 0 Å². The highest BCUT2D eigenvalue weighted by Crippen LogP contribution is 2.10. The fourth-order valence-corrected chi connectivity index (χ4v) is 3.23. The molecule has 1 aliphatic rings. The standard InChI is InChI=1S/C19H28N4/c1-3-19-20-8-9-23(19)15-14-21-10-12-22(13-11-21)16-18-6-4-17(2)5-7-18/h4-9H,3,10-16H2,1-2H3. The normalized spacial score (nSPS) is 16.8. The van der Waals surface area contributed by atoms with E-state index in [1.807, 2.05) is 6.20 Å². The highest BCUT2D eigenvalue weighted by atomic mass is 15.3. The van der Waals surface area contributed by atoms with Gasteiger partial charge in [-0.05, 0) is 12.5 Å². The lowest BCUT2D eigenvalue weighted by Gasteiger charge is -2.34. The molecular weight excluding hydrogens is 284 g/mol. The SMILES string of the molecule is CCc1nccn1CCN1CCN(Cc2ccc(C)cc2)CC1. The Morgan fingerprint density at radius 1 is 0.957 bits per heavy atom. The highest BCUT2D eigenvalue weighted by Gasteiger charge is 2.16. The summed E-state index contributed by atoms with van der Waals surface area (Å²) in [5, 5.41) is 0. The molecular formula is C19H28N4. The molecule has 1 fully saturated rings. The molecule has 0 atom stereocenters. The molecule has 0 spiro atoms. The van der Waals surface area contributed by atoms with Crippen LogP contribution in [0.15, 0.2) is 36.7 Å². The van der Waals surface area contributed by atoms with Crippen molar-refractivity contribution in [3.05, 3.63) is 53.6 Å². The van der Waals surface area contributed by atoms with Crippen LogP contribution >= 0.6 is 0 Å². The van der Waals surface area contributed by atoms with Crippen LogP contribution in [0.2, 0.25) is 0 Å². The van der Waals surface area contributed by atoms with E-state index in [1.165, 1.54) is 43.1 Å². The Balaban J connectivity index is 1.42. The van der Waals surface area contributed by atoms with E-state index in [0.717, 1.165) is 26.1 Å². The van der Waals surface area contributed by atoms with Gasteiger partial charge in [-0.1, -0.05) is 36.8 Å². The number of hydrogen-bond acceptors (Lipinski definition) is 3. The molecule has 1 aliphatic heterocycles. The van der Waals surface area contributed by atoms with E-state index in [0.29, 0.717) is 0 Å². The number of hydrogen-bond donors (Lipinski definition) is 0. The first-order chi connectivity index (χ1) is 11.2. The molecule has 0 N–H and O–H groups in total. The number of rotatable bonds is 6. The summed E-state index contributed by atoms with van der Waals surface area (Å²) in [4.78, 5) is 9.54. The molecule has 23 heavy (non-hydrogen) atoms. The van der Waals surface area contributed by atoms with E-state index in [2.05, 4.69) is 63.7 Å². The molecule has 0 saturated carbocycles. The minimum absolute atomic E-state index is 1.01. The van der Waals surface area contributed by atoms with Crippen molar-refractivity contribution in [2.24, 2.45) is 0 Å². The van der Waals surface area contributed by atoms with Gasteiger partial charge >= 0.3 is 0 Å². The Hall–Kier alpha value is -1.65. The van der Waals surface area contributed by atoms with Crippen LogP contribution in [0, 0.1) is 6.92 Å². The van der Waals surface area contributed by atoms with Crippen molar-refractivity contribution in [2.45, 2.75) is 33.4 Å². The van der Waals surface area contributed by atoms with E-state index >= 15 is 0 Å². The first-order valence-corrected chi connectivity index (χ1v) is 8.75. The van der Waals surface area contributed by atoms with E-state index in [9.17, 15) is 0 Å². The minimum atomic E-state index is 1.01. The molecule has 2 aromatic rings. The second-order valence-electron chi connectivity index (χ2n) is 6.49. The quantitative estimate of drug-likeness (QED) is 0.819. The van der Waals surface area contributed by atoms with Crippen molar-refractivity contribution in [3.8, 4) is 0 Å². The Labute approximate surface area is 139 Å². The van der Waals surface area contributed by atoms with Crippen molar-refractivity contribution < 1.29 is 0 Å². The summed E-state index contributed by atoms with van der Waals surface area (Å²) in [6.07, 6.45) is 5.03. The van der Waals surface area contributed by atoms with Gasteiger partial charge in [-0.2, -0.15) is 0 Å². The van der Waals surface area contributed by atoms with Gasteiger partial charge in [-0.25, -0.2) is 4.98 Å². The third-order valence-corrected chi connectivity index (χ3v) is 4.77. The Morgan fingerprint density at radius 2 is 1.65 bits per heavy atom. The molecule has 0 unspecified atom stereocenters. The first kappa shape index (κ1) is 16.2. The smallest absolute Gasteiger partial charge is 0.108 e.